The standard InChI is InChI=1S/C16H21ClN2O2/c1-12-5-6-14(11-15(12)17)19(13(2)20)10-7-16(21)18-8-3-4-9-18/h5-6,11H,3-4,7-10H2,1-2H3. The van der Waals surface area contributed by atoms with Crippen molar-refractivity contribution in [2.24, 2.45) is 0 Å². The van der Waals surface area contributed by atoms with Crippen LogP contribution in [0.1, 0.15) is 31.7 Å². The van der Waals surface area contributed by atoms with E-state index in [4.69, 9.17) is 11.6 Å². The lowest BCUT2D eigenvalue weighted by molar-refractivity contribution is -0.129. The van der Waals surface area contributed by atoms with Crippen LogP contribution in [0.3, 0.4) is 0 Å². The smallest absolute Gasteiger partial charge is 0.224 e. The Labute approximate surface area is 130 Å². The van der Waals surface area contributed by atoms with Gasteiger partial charge in [0.05, 0.1) is 0 Å². The summed E-state index contributed by atoms with van der Waals surface area (Å²) in [7, 11) is 0. The Kier molecular flexibility index (Phi) is 5.23. The monoisotopic (exact) mass is 308 g/mol. The van der Waals surface area contributed by atoms with Crippen LogP contribution >= 0.6 is 11.6 Å². The summed E-state index contributed by atoms with van der Waals surface area (Å²) in [6.07, 6.45) is 2.51. The average Bonchev–Trinajstić information content (AvgIpc) is 2.96. The van der Waals surface area contributed by atoms with Crippen LogP contribution in [-0.2, 0) is 9.59 Å². The quantitative estimate of drug-likeness (QED) is 0.858. The van der Waals surface area contributed by atoms with E-state index in [1.54, 1.807) is 11.0 Å². The van der Waals surface area contributed by atoms with E-state index in [2.05, 4.69) is 0 Å². The number of anilines is 1. The summed E-state index contributed by atoms with van der Waals surface area (Å²) in [4.78, 5) is 27.4. The Balaban J connectivity index is 2.03. The Morgan fingerprint density at radius 1 is 1.29 bits per heavy atom. The second kappa shape index (κ2) is 6.94. The predicted molar refractivity (Wildman–Crippen MR) is 84.6 cm³/mol. The van der Waals surface area contributed by atoms with Crippen molar-refractivity contribution in [2.75, 3.05) is 24.5 Å². The summed E-state index contributed by atoms with van der Waals surface area (Å²) in [6.45, 7) is 5.50. The van der Waals surface area contributed by atoms with Gasteiger partial charge in [0, 0.05) is 43.7 Å². The molecule has 0 radical (unpaired) electrons. The fraction of sp³-hybridized carbons (Fsp3) is 0.500. The lowest BCUT2D eigenvalue weighted by atomic mass is 10.2. The van der Waals surface area contributed by atoms with E-state index in [0.717, 1.165) is 37.2 Å². The maximum Gasteiger partial charge on any atom is 0.224 e. The molecular formula is C16H21ClN2O2. The van der Waals surface area contributed by atoms with Crippen molar-refractivity contribution in [3.63, 3.8) is 0 Å². The summed E-state index contributed by atoms with van der Waals surface area (Å²) in [5, 5.41) is 0.629. The highest BCUT2D eigenvalue weighted by Crippen LogP contribution is 2.23. The fourth-order valence-electron chi connectivity index (χ4n) is 2.55. The molecule has 1 fully saturated rings. The maximum absolute atomic E-state index is 12.1. The molecule has 2 amide bonds. The first-order valence-corrected chi connectivity index (χ1v) is 7.69. The summed E-state index contributed by atoms with van der Waals surface area (Å²) in [6, 6.07) is 5.53. The number of rotatable bonds is 4. The van der Waals surface area contributed by atoms with Crippen molar-refractivity contribution < 1.29 is 9.59 Å². The Morgan fingerprint density at radius 3 is 2.52 bits per heavy atom. The van der Waals surface area contributed by atoms with Crippen LogP contribution in [0.4, 0.5) is 5.69 Å². The van der Waals surface area contributed by atoms with Gasteiger partial charge in [-0.1, -0.05) is 17.7 Å². The number of hydrogen-bond acceptors (Lipinski definition) is 2. The maximum atomic E-state index is 12.1. The molecule has 0 aliphatic carbocycles. The van der Waals surface area contributed by atoms with Gasteiger partial charge in [0.1, 0.15) is 0 Å². The Morgan fingerprint density at radius 2 is 1.95 bits per heavy atom. The van der Waals surface area contributed by atoms with Gasteiger partial charge >= 0.3 is 0 Å². The molecule has 1 heterocycles. The van der Waals surface area contributed by atoms with Gasteiger partial charge in [0.15, 0.2) is 0 Å². The van der Waals surface area contributed by atoms with Gasteiger partial charge in [-0.15, -0.1) is 0 Å². The molecule has 5 heteroatoms. The molecule has 1 saturated heterocycles. The Bertz CT molecular complexity index is 539. The highest BCUT2D eigenvalue weighted by molar-refractivity contribution is 6.31. The molecule has 1 aromatic carbocycles. The van der Waals surface area contributed by atoms with Crippen molar-refractivity contribution in [1.29, 1.82) is 0 Å². The van der Waals surface area contributed by atoms with Crippen LogP contribution in [0.2, 0.25) is 5.02 Å². The average molecular weight is 309 g/mol. The SMILES string of the molecule is CC(=O)N(CCC(=O)N1CCCC1)c1ccc(C)c(Cl)c1. The number of amides is 2. The van der Waals surface area contributed by atoms with Crippen molar-refractivity contribution in [3.8, 4) is 0 Å². The molecule has 114 valence electrons. The Hall–Kier alpha value is -1.55. The topological polar surface area (TPSA) is 40.6 Å². The van der Waals surface area contributed by atoms with Crippen LogP contribution in [0, 0.1) is 6.92 Å². The number of carbonyl (C=O) groups excluding carboxylic acids is 2. The molecule has 1 aliphatic rings. The number of halogens is 1. The van der Waals surface area contributed by atoms with Gasteiger partial charge in [-0.3, -0.25) is 9.59 Å². The van der Waals surface area contributed by atoms with Gasteiger partial charge in [0.2, 0.25) is 11.8 Å². The molecule has 0 bridgehead atoms. The zero-order valence-electron chi connectivity index (χ0n) is 12.6. The van der Waals surface area contributed by atoms with E-state index < -0.39 is 0 Å². The molecule has 0 spiro atoms. The summed E-state index contributed by atoms with van der Waals surface area (Å²) < 4.78 is 0. The molecule has 1 aliphatic heterocycles. The van der Waals surface area contributed by atoms with Crippen LogP contribution in [0.25, 0.3) is 0 Å². The molecule has 2 rings (SSSR count). The molecule has 0 unspecified atom stereocenters. The molecule has 0 aromatic heterocycles. The molecule has 21 heavy (non-hydrogen) atoms. The summed E-state index contributed by atoms with van der Waals surface area (Å²) in [5.41, 5.74) is 1.71. The van der Waals surface area contributed by atoms with Crippen molar-refractivity contribution >= 4 is 29.1 Å². The number of aryl methyl sites for hydroxylation is 1. The number of nitrogens with zero attached hydrogens (tertiary/aromatic N) is 2. The zero-order valence-corrected chi connectivity index (χ0v) is 13.3. The first-order valence-electron chi connectivity index (χ1n) is 7.31. The van der Waals surface area contributed by atoms with E-state index in [0.29, 0.717) is 18.0 Å². The minimum absolute atomic E-state index is 0.0795. The molecule has 0 N–H and O–H groups in total. The normalized spacial score (nSPS) is 14.3. The lowest BCUT2D eigenvalue weighted by Gasteiger charge is -2.23. The third-order valence-electron chi connectivity index (χ3n) is 3.86. The largest absolute Gasteiger partial charge is 0.343 e. The number of hydrogen-bond donors (Lipinski definition) is 0. The van der Waals surface area contributed by atoms with Gasteiger partial charge in [0.25, 0.3) is 0 Å². The molecule has 0 atom stereocenters. The van der Waals surface area contributed by atoms with Gasteiger partial charge in [-0.05, 0) is 37.5 Å². The van der Waals surface area contributed by atoms with Crippen LogP contribution in [0.15, 0.2) is 18.2 Å². The van der Waals surface area contributed by atoms with Crippen molar-refractivity contribution in [3.05, 3.63) is 28.8 Å². The molecular weight excluding hydrogens is 288 g/mol. The zero-order chi connectivity index (χ0) is 15.4. The summed E-state index contributed by atoms with van der Waals surface area (Å²) >= 11 is 6.12. The first-order chi connectivity index (χ1) is 9.99. The summed E-state index contributed by atoms with van der Waals surface area (Å²) in [5.74, 6) is 0.0427. The van der Waals surface area contributed by atoms with Gasteiger partial charge < -0.3 is 9.80 Å². The van der Waals surface area contributed by atoms with E-state index in [1.165, 1.54) is 6.92 Å². The fourth-order valence-corrected chi connectivity index (χ4v) is 2.72. The molecule has 1 aromatic rings. The van der Waals surface area contributed by atoms with Crippen LogP contribution < -0.4 is 4.90 Å². The van der Waals surface area contributed by atoms with E-state index in [9.17, 15) is 9.59 Å². The third kappa shape index (κ3) is 3.97. The second-order valence-electron chi connectivity index (χ2n) is 5.44. The minimum atomic E-state index is -0.0795. The third-order valence-corrected chi connectivity index (χ3v) is 4.26. The van der Waals surface area contributed by atoms with Crippen LogP contribution in [-0.4, -0.2) is 36.3 Å². The second-order valence-corrected chi connectivity index (χ2v) is 5.85. The number of likely N-dealkylation sites (tertiary alicyclic amines) is 1. The highest BCUT2D eigenvalue weighted by Gasteiger charge is 2.20. The minimum Gasteiger partial charge on any atom is -0.343 e. The number of benzene rings is 1. The van der Waals surface area contributed by atoms with Crippen molar-refractivity contribution in [2.45, 2.75) is 33.1 Å². The van der Waals surface area contributed by atoms with Gasteiger partial charge in [-0.2, -0.15) is 0 Å². The molecule has 4 nitrogen and oxygen atoms in total. The molecule has 0 saturated carbocycles. The van der Waals surface area contributed by atoms with Gasteiger partial charge in [-0.25, -0.2) is 0 Å². The van der Waals surface area contributed by atoms with Crippen LogP contribution in [0.5, 0.6) is 0 Å². The first kappa shape index (κ1) is 15.8. The van der Waals surface area contributed by atoms with E-state index in [-0.39, 0.29) is 11.8 Å². The highest BCUT2D eigenvalue weighted by atomic mass is 35.5. The van der Waals surface area contributed by atoms with E-state index >= 15 is 0 Å². The van der Waals surface area contributed by atoms with E-state index in [1.807, 2.05) is 24.0 Å². The number of carbonyl (C=O) groups is 2. The lowest BCUT2D eigenvalue weighted by Crippen LogP contribution is -2.35. The predicted octanol–water partition coefficient (Wildman–Crippen LogP) is 3.01. The van der Waals surface area contributed by atoms with Crippen molar-refractivity contribution in [1.82, 2.24) is 4.90 Å².